The quantitative estimate of drug-likeness (QED) is 0.895. The first kappa shape index (κ1) is 16.3. The molecule has 1 aromatic rings. The number of rotatable bonds is 4. The lowest BCUT2D eigenvalue weighted by Crippen LogP contribution is -2.39. The van der Waals surface area contributed by atoms with Crippen molar-refractivity contribution >= 4 is 17.3 Å². The lowest BCUT2D eigenvalue weighted by molar-refractivity contribution is -0.117. The van der Waals surface area contributed by atoms with Gasteiger partial charge in [0.1, 0.15) is 0 Å². The SMILES string of the molecule is CC(C)N(C)c1cccc(NC(=O)C2CC3CCCCC3N2)c1. The Hall–Kier alpha value is -1.55. The molecule has 1 saturated heterocycles. The summed E-state index contributed by atoms with van der Waals surface area (Å²) in [4.78, 5) is 14.8. The van der Waals surface area contributed by atoms with Crippen molar-refractivity contribution in [1.29, 1.82) is 0 Å². The lowest BCUT2D eigenvalue weighted by Gasteiger charge is -2.24. The zero-order valence-corrected chi connectivity index (χ0v) is 14.5. The molecule has 3 rings (SSSR count). The molecular weight excluding hydrogens is 286 g/mol. The molecule has 4 heteroatoms. The third-order valence-corrected chi connectivity index (χ3v) is 5.47. The fraction of sp³-hybridized carbons (Fsp3) is 0.632. The Kier molecular flexibility index (Phi) is 4.90. The van der Waals surface area contributed by atoms with Crippen LogP contribution in [0.1, 0.15) is 46.0 Å². The Morgan fingerprint density at radius 3 is 2.83 bits per heavy atom. The van der Waals surface area contributed by atoms with Gasteiger partial charge in [0.2, 0.25) is 5.91 Å². The topological polar surface area (TPSA) is 44.4 Å². The predicted molar refractivity (Wildman–Crippen MR) is 95.9 cm³/mol. The number of nitrogens with one attached hydrogen (secondary N) is 2. The van der Waals surface area contributed by atoms with Crippen LogP contribution in [0.15, 0.2) is 24.3 Å². The summed E-state index contributed by atoms with van der Waals surface area (Å²) in [5.41, 5.74) is 2.02. The van der Waals surface area contributed by atoms with E-state index in [9.17, 15) is 4.79 Å². The molecule has 1 aromatic carbocycles. The molecule has 0 aromatic heterocycles. The van der Waals surface area contributed by atoms with Gasteiger partial charge in [0.05, 0.1) is 6.04 Å². The van der Waals surface area contributed by atoms with Gasteiger partial charge in [-0.3, -0.25) is 4.79 Å². The Bertz CT molecular complexity index is 543. The highest BCUT2D eigenvalue weighted by Gasteiger charge is 2.38. The zero-order valence-electron chi connectivity index (χ0n) is 14.5. The van der Waals surface area contributed by atoms with Crippen molar-refractivity contribution in [3.63, 3.8) is 0 Å². The van der Waals surface area contributed by atoms with E-state index in [1.165, 1.54) is 25.7 Å². The molecule has 1 amide bonds. The molecule has 0 radical (unpaired) electrons. The van der Waals surface area contributed by atoms with Gasteiger partial charge in [-0.15, -0.1) is 0 Å². The van der Waals surface area contributed by atoms with Crippen LogP contribution in [-0.2, 0) is 4.79 Å². The molecule has 2 N–H and O–H groups in total. The van der Waals surface area contributed by atoms with Gasteiger partial charge in [0, 0.05) is 30.5 Å². The van der Waals surface area contributed by atoms with E-state index in [2.05, 4.69) is 48.6 Å². The van der Waals surface area contributed by atoms with Crippen molar-refractivity contribution < 1.29 is 4.79 Å². The summed E-state index contributed by atoms with van der Waals surface area (Å²) in [6, 6.07) is 9.06. The van der Waals surface area contributed by atoms with E-state index in [-0.39, 0.29) is 11.9 Å². The molecule has 3 unspecified atom stereocenters. The Morgan fingerprint density at radius 2 is 2.09 bits per heavy atom. The largest absolute Gasteiger partial charge is 0.372 e. The highest BCUT2D eigenvalue weighted by Crippen LogP contribution is 2.33. The van der Waals surface area contributed by atoms with Gasteiger partial charge in [-0.25, -0.2) is 0 Å². The number of nitrogens with zero attached hydrogens (tertiary/aromatic N) is 1. The third kappa shape index (κ3) is 3.69. The average Bonchev–Trinajstić information content (AvgIpc) is 2.98. The molecule has 126 valence electrons. The Balaban J connectivity index is 1.63. The third-order valence-electron chi connectivity index (χ3n) is 5.47. The van der Waals surface area contributed by atoms with Crippen LogP contribution >= 0.6 is 0 Å². The molecule has 1 aliphatic heterocycles. The van der Waals surface area contributed by atoms with E-state index in [1.807, 2.05) is 12.1 Å². The number of hydrogen-bond acceptors (Lipinski definition) is 3. The minimum absolute atomic E-state index is 0.0328. The van der Waals surface area contributed by atoms with Gasteiger partial charge < -0.3 is 15.5 Å². The second-order valence-corrected chi connectivity index (χ2v) is 7.35. The molecular formula is C19H29N3O. The van der Waals surface area contributed by atoms with Crippen molar-refractivity contribution in [3.8, 4) is 0 Å². The number of carbonyl (C=O) groups is 1. The summed E-state index contributed by atoms with van der Waals surface area (Å²) in [7, 11) is 2.08. The Labute approximate surface area is 139 Å². The maximum Gasteiger partial charge on any atom is 0.241 e. The molecule has 2 fully saturated rings. The van der Waals surface area contributed by atoms with Crippen molar-refractivity contribution in [2.45, 2.75) is 64.1 Å². The number of hydrogen-bond donors (Lipinski definition) is 2. The molecule has 0 bridgehead atoms. The first-order valence-corrected chi connectivity index (χ1v) is 8.94. The number of benzene rings is 1. The van der Waals surface area contributed by atoms with E-state index >= 15 is 0 Å². The van der Waals surface area contributed by atoms with Gasteiger partial charge in [0.25, 0.3) is 0 Å². The van der Waals surface area contributed by atoms with E-state index in [0.29, 0.717) is 18.0 Å². The van der Waals surface area contributed by atoms with Crippen molar-refractivity contribution in [3.05, 3.63) is 24.3 Å². The molecule has 0 spiro atoms. The van der Waals surface area contributed by atoms with Crippen LogP contribution in [0.5, 0.6) is 0 Å². The highest BCUT2D eigenvalue weighted by atomic mass is 16.2. The maximum atomic E-state index is 12.6. The van der Waals surface area contributed by atoms with E-state index in [0.717, 1.165) is 17.8 Å². The highest BCUT2D eigenvalue weighted by molar-refractivity contribution is 5.95. The molecule has 2 aliphatic rings. The fourth-order valence-corrected chi connectivity index (χ4v) is 3.85. The van der Waals surface area contributed by atoms with Gasteiger partial charge in [-0.2, -0.15) is 0 Å². The normalized spacial score (nSPS) is 26.9. The van der Waals surface area contributed by atoms with Gasteiger partial charge >= 0.3 is 0 Å². The number of anilines is 2. The Morgan fingerprint density at radius 1 is 1.30 bits per heavy atom. The first-order valence-electron chi connectivity index (χ1n) is 8.94. The second-order valence-electron chi connectivity index (χ2n) is 7.35. The molecule has 23 heavy (non-hydrogen) atoms. The van der Waals surface area contributed by atoms with Gasteiger partial charge in [-0.1, -0.05) is 18.9 Å². The lowest BCUT2D eigenvalue weighted by atomic mass is 9.85. The second kappa shape index (κ2) is 6.91. The van der Waals surface area contributed by atoms with Gasteiger partial charge in [0.15, 0.2) is 0 Å². The summed E-state index contributed by atoms with van der Waals surface area (Å²) in [6.07, 6.45) is 6.11. The van der Waals surface area contributed by atoms with Crippen molar-refractivity contribution in [2.75, 3.05) is 17.3 Å². The minimum Gasteiger partial charge on any atom is -0.372 e. The zero-order chi connectivity index (χ0) is 16.4. The minimum atomic E-state index is -0.0328. The average molecular weight is 315 g/mol. The van der Waals surface area contributed by atoms with E-state index in [4.69, 9.17) is 0 Å². The summed E-state index contributed by atoms with van der Waals surface area (Å²) in [5.74, 6) is 0.807. The van der Waals surface area contributed by atoms with Crippen LogP contribution in [0.3, 0.4) is 0 Å². The van der Waals surface area contributed by atoms with Crippen molar-refractivity contribution in [2.24, 2.45) is 5.92 Å². The van der Waals surface area contributed by atoms with E-state index in [1.54, 1.807) is 0 Å². The monoisotopic (exact) mass is 315 g/mol. The predicted octanol–water partition coefficient (Wildman–Crippen LogP) is 3.39. The van der Waals surface area contributed by atoms with E-state index < -0.39 is 0 Å². The van der Waals surface area contributed by atoms with Gasteiger partial charge in [-0.05, 0) is 57.2 Å². The molecule has 1 heterocycles. The first-order chi connectivity index (χ1) is 11.0. The molecule has 1 saturated carbocycles. The summed E-state index contributed by atoms with van der Waals surface area (Å²) >= 11 is 0. The summed E-state index contributed by atoms with van der Waals surface area (Å²) in [5, 5.41) is 6.65. The van der Waals surface area contributed by atoms with Crippen LogP contribution in [0, 0.1) is 5.92 Å². The molecule has 3 atom stereocenters. The number of fused-ring (bicyclic) bond motifs is 1. The van der Waals surface area contributed by atoms with Crippen molar-refractivity contribution in [1.82, 2.24) is 5.32 Å². The van der Waals surface area contributed by atoms with Crippen LogP contribution in [0.25, 0.3) is 0 Å². The van der Waals surface area contributed by atoms with Crippen LogP contribution in [-0.4, -0.2) is 31.1 Å². The van der Waals surface area contributed by atoms with Crippen LogP contribution < -0.4 is 15.5 Å². The number of carbonyl (C=O) groups excluding carboxylic acids is 1. The van der Waals surface area contributed by atoms with Crippen LogP contribution in [0.4, 0.5) is 11.4 Å². The summed E-state index contributed by atoms with van der Waals surface area (Å²) < 4.78 is 0. The maximum absolute atomic E-state index is 12.6. The molecule has 4 nitrogen and oxygen atoms in total. The van der Waals surface area contributed by atoms with Crippen LogP contribution in [0.2, 0.25) is 0 Å². The smallest absolute Gasteiger partial charge is 0.241 e. The molecule has 1 aliphatic carbocycles. The summed E-state index contributed by atoms with van der Waals surface area (Å²) in [6.45, 7) is 4.32. The number of amides is 1. The fourth-order valence-electron chi connectivity index (χ4n) is 3.85. The standard InChI is InChI=1S/C19H29N3O/c1-13(2)22(3)16-9-6-8-15(12-16)20-19(23)18-11-14-7-4-5-10-17(14)21-18/h6,8-9,12-14,17-18,21H,4-5,7,10-11H2,1-3H3,(H,20,23).